The summed E-state index contributed by atoms with van der Waals surface area (Å²) in [5, 5.41) is 9.29. The molecule has 0 radical (unpaired) electrons. The molecule has 1 rings (SSSR count). The first-order chi connectivity index (χ1) is 6.40. The van der Waals surface area contributed by atoms with Crippen LogP contribution < -0.4 is 0 Å². The van der Waals surface area contributed by atoms with Crippen molar-refractivity contribution < 1.29 is 18.3 Å². The van der Waals surface area contributed by atoms with E-state index in [4.69, 9.17) is 0 Å². The summed E-state index contributed by atoms with van der Waals surface area (Å²) in [4.78, 5) is 0. The van der Waals surface area contributed by atoms with E-state index in [9.17, 15) is 18.3 Å². The lowest BCUT2D eigenvalue weighted by atomic mass is 10.1. The molecule has 0 amide bonds. The van der Waals surface area contributed by atoms with Crippen LogP contribution in [0.3, 0.4) is 0 Å². The van der Waals surface area contributed by atoms with Crippen LogP contribution in [0.25, 0.3) is 0 Å². The second-order valence-electron chi connectivity index (χ2n) is 2.86. The Morgan fingerprint density at radius 2 is 1.86 bits per heavy atom. The number of halogens is 4. The van der Waals surface area contributed by atoms with Crippen LogP contribution in [0.15, 0.2) is 28.7 Å². The highest BCUT2D eigenvalue weighted by molar-refractivity contribution is 9.10. The monoisotopic (exact) mass is 268 g/mol. The van der Waals surface area contributed by atoms with Crippen LogP contribution in [0.4, 0.5) is 13.2 Å². The molecular formula is C9H8BrF3O. The van der Waals surface area contributed by atoms with Gasteiger partial charge in [-0.1, -0.05) is 34.1 Å². The average molecular weight is 269 g/mol. The average Bonchev–Trinajstić information content (AvgIpc) is 2.01. The van der Waals surface area contributed by atoms with Gasteiger partial charge in [-0.05, 0) is 11.6 Å². The molecule has 1 aromatic rings. The molecule has 1 nitrogen and oxygen atoms in total. The van der Waals surface area contributed by atoms with E-state index in [1.807, 2.05) is 0 Å². The summed E-state index contributed by atoms with van der Waals surface area (Å²) in [6.45, 7) is 0. The summed E-state index contributed by atoms with van der Waals surface area (Å²) in [6.07, 6.45) is -7.09. The molecule has 14 heavy (non-hydrogen) atoms. The number of aliphatic hydroxyl groups is 1. The molecule has 1 aromatic carbocycles. The number of aliphatic hydroxyl groups excluding tert-OH is 1. The van der Waals surface area contributed by atoms with Gasteiger partial charge in [0.1, 0.15) is 0 Å². The van der Waals surface area contributed by atoms with Gasteiger partial charge in [0.05, 0.1) is 12.5 Å². The Kier molecular flexibility index (Phi) is 3.55. The summed E-state index contributed by atoms with van der Waals surface area (Å²) in [6, 6.07) is 6.31. The molecule has 0 spiro atoms. The molecule has 0 saturated heterocycles. The molecular weight excluding hydrogens is 261 g/mol. The smallest absolute Gasteiger partial charge is 0.388 e. The lowest BCUT2D eigenvalue weighted by molar-refractivity contribution is -0.154. The van der Waals surface area contributed by atoms with E-state index in [1.54, 1.807) is 18.2 Å². The Hall–Kier alpha value is -0.550. The van der Waals surface area contributed by atoms with E-state index in [1.165, 1.54) is 6.07 Å². The van der Waals surface area contributed by atoms with Crippen molar-refractivity contribution in [3.05, 3.63) is 34.3 Å². The first kappa shape index (κ1) is 11.5. The molecule has 0 fully saturated rings. The van der Waals surface area contributed by atoms with Crippen LogP contribution in [-0.2, 0) is 0 Å². The molecule has 1 atom stereocenters. The summed E-state index contributed by atoms with van der Waals surface area (Å²) in [5.74, 6) is 0. The zero-order valence-corrected chi connectivity index (χ0v) is 8.64. The van der Waals surface area contributed by atoms with Crippen LogP contribution in [0.1, 0.15) is 18.1 Å². The van der Waals surface area contributed by atoms with E-state index >= 15 is 0 Å². The SMILES string of the molecule is OC(CC(F)(F)F)c1ccccc1Br. The van der Waals surface area contributed by atoms with E-state index in [-0.39, 0.29) is 5.56 Å². The molecule has 0 aliphatic rings. The predicted octanol–water partition coefficient (Wildman–Crippen LogP) is 3.43. The second-order valence-corrected chi connectivity index (χ2v) is 3.71. The van der Waals surface area contributed by atoms with Crippen LogP contribution in [0, 0.1) is 0 Å². The molecule has 0 aliphatic carbocycles. The van der Waals surface area contributed by atoms with Gasteiger partial charge in [-0.25, -0.2) is 0 Å². The van der Waals surface area contributed by atoms with Crippen molar-refractivity contribution in [3.63, 3.8) is 0 Å². The van der Waals surface area contributed by atoms with Gasteiger partial charge in [-0.3, -0.25) is 0 Å². The standard InChI is InChI=1S/C9H8BrF3O/c10-7-4-2-1-3-6(7)8(14)5-9(11,12)13/h1-4,8,14H,5H2. The van der Waals surface area contributed by atoms with Gasteiger partial charge >= 0.3 is 6.18 Å². The van der Waals surface area contributed by atoms with Crippen molar-refractivity contribution in [1.29, 1.82) is 0 Å². The minimum Gasteiger partial charge on any atom is -0.388 e. The summed E-state index contributed by atoms with van der Waals surface area (Å²) < 4.78 is 36.3. The largest absolute Gasteiger partial charge is 0.391 e. The third-order valence-electron chi connectivity index (χ3n) is 1.69. The molecule has 78 valence electrons. The molecule has 1 unspecified atom stereocenters. The van der Waals surface area contributed by atoms with Crippen LogP contribution in [0.2, 0.25) is 0 Å². The summed E-state index contributed by atoms with van der Waals surface area (Å²) in [7, 11) is 0. The van der Waals surface area contributed by atoms with Crippen molar-refractivity contribution in [2.75, 3.05) is 0 Å². The second kappa shape index (κ2) is 4.31. The maximum atomic E-state index is 11.9. The van der Waals surface area contributed by atoms with Crippen molar-refractivity contribution in [1.82, 2.24) is 0 Å². The van der Waals surface area contributed by atoms with E-state index in [0.717, 1.165) is 0 Å². The summed E-state index contributed by atoms with van der Waals surface area (Å²) in [5.41, 5.74) is 0.254. The minimum atomic E-state index is -4.35. The molecule has 0 heterocycles. The van der Waals surface area contributed by atoms with Crippen LogP contribution >= 0.6 is 15.9 Å². The Labute approximate surface area is 87.7 Å². The molecule has 5 heteroatoms. The predicted molar refractivity (Wildman–Crippen MR) is 49.8 cm³/mol. The fourth-order valence-electron chi connectivity index (χ4n) is 1.07. The van der Waals surface area contributed by atoms with Crippen molar-refractivity contribution in [3.8, 4) is 0 Å². The van der Waals surface area contributed by atoms with Crippen molar-refractivity contribution in [2.24, 2.45) is 0 Å². The third kappa shape index (κ3) is 3.31. The molecule has 0 bridgehead atoms. The maximum absolute atomic E-state index is 11.9. The Balaban J connectivity index is 2.80. The number of hydrogen-bond acceptors (Lipinski definition) is 1. The molecule has 0 saturated carbocycles. The zero-order chi connectivity index (χ0) is 10.8. The lowest BCUT2D eigenvalue weighted by Crippen LogP contribution is -2.13. The number of alkyl halides is 3. The quantitative estimate of drug-likeness (QED) is 0.872. The van der Waals surface area contributed by atoms with E-state index in [0.29, 0.717) is 4.47 Å². The number of rotatable bonds is 2. The van der Waals surface area contributed by atoms with Gasteiger partial charge in [0.2, 0.25) is 0 Å². The maximum Gasteiger partial charge on any atom is 0.391 e. The van der Waals surface area contributed by atoms with Crippen molar-refractivity contribution >= 4 is 15.9 Å². The number of benzene rings is 1. The topological polar surface area (TPSA) is 20.2 Å². The van der Waals surface area contributed by atoms with Gasteiger partial charge in [0, 0.05) is 4.47 Å². The van der Waals surface area contributed by atoms with Gasteiger partial charge in [0.25, 0.3) is 0 Å². The van der Waals surface area contributed by atoms with Gasteiger partial charge < -0.3 is 5.11 Å². The highest BCUT2D eigenvalue weighted by Gasteiger charge is 2.32. The first-order valence-corrected chi connectivity index (χ1v) is 4.68. The third-order valence-corrected chi connectivity index (χ3v) is 2.41. The minimum absolute atomic E-state index is 0.254. The van der Waals surface area contributed by atoms with Crippen molar-refractivity contribution in [2.45, 2.75) is 18.7 Å². The Morgan fingerprint density at radius 1 is 1.29 bits per heavy atom. The van der Waals surface area contributed by atoms with Crippen LogP contribution in [-0.4, -0.2) is 11.3 Å². The molecule has 1 N–H and O–H groups in total. The van der Waals surface area contributed by atoms with Gasteiger partial charge in [0.15, 0.2) is 0 Å². The Bertz CT molecular complexity index is 311. The fourth-order valence-corrected chi connectivity index (χ4v) is 1.62. The van der Waals surface area contributed by atoms with E-state index in [2.05, 4.69) is 15.9 Å². The molecule has 0 aliphatic heterocycles. The fraction of sp³-hybridized carbons (Fsp3) is 0.333. The number of hydrogen-bond donors (Lipinski definition) is 1. The first-order valence-electron chi connectivity index (χ1n) is 3.89. The highest BCUT2D eigenvalue weighted by Crippen LogP contribution is 2.32. The zero-order valence-electron chi connectivity index (χ0n) is 7.05. The van der Waals surface area contributed by atoms with Crippen LogP contribution in [0.5, 0.6) is 0 Å². The highest BCUT2D eigenvalue weighted by atomic mass is 79.9. The summed E-state index contributed by atoms with van der Waals surface area (Å²) >= 11 is 3.08. The Morgan fingerprint density at radius 3 is 2.36 bits per heavy atom. The van der Waals surface area contributed by atoms with Gasteiger partial charge in [-0.15, -0.1) is 0 Å². The molecule has 0 aromatic heterocycles. The van der Waals surface area contributed by atoms with E-state index < -0.39 is 18.7 Å². The normalized spacial score (nSPS) is 14.1. The van der Waals surface area contributed by atoms with Gasteiger partial charge in [-0.2, -0.15) is 13.2 Å². The lowest BCUT2D eigenvalue weighted by Gasteiger charge is -2.14.